The maximum atomic E-state index is 13.1. The number of sulfonamides is 1. The number of nitrogens with one attached hydrogen (secondary N) is 1. The van der Waals surface area contributed by atoms with Crippen LogP contribution in [0.2, 0.25) is 0 Å². The molecule has 0 saturated carbocycles. The van der Waals surface area contributed by atoms with Crippen LogP contribution >= 0.6 is 0 Å². The smallest absolute Gasteiger partial charge is 0.246 e. The molecule has 28 heavy (non-hydrogen) atoms. The number of carbonyl (C=O) groups excluding carboxylic acids is 1. The van der Waals surface area contributed by atoms with Crippen molar-refractivity contribution >= 4 is 21.6 Å². The Labute approximate surface area is 168 Å². The molecular weight excluding hydrogens is 380 g/mol. The van der Waals surface area contributed by atoms with Crippen LogP contribution in [0, 0.1) is 5.92 Å². The number of benzene rings is 1. The van der Waals surface area contributed by atoms with Crippen LogP contribution in [0.3, 0.4) is 0 Å². The van der Waals surface area contributed by atoms with Gasteiger partial charge in [-0.2, -0.15) is 4.31 Å². The van der Waals surface area contributed by atoms with Crippen molar-refractivity contribution in [1.82, 2.24) is 4.31 Å². The molecule has 1 fully saturated rings. The Morgan fingerprint density at radius 1 is 1.21 bits per heavy atom. The molecule has 158 valence electrons. The Bertz CT molecular complexity index is 743. The lowest BCUT2D eigenvalue weighted by Crippen LogP contribution is -2.35. The zero-order chi connectivity index (χ0) is 20.6. The van der Waals surface area contributed by atoms with Crippen LogP contribution in [0.25, 0.3) is 0 Å². The lowest BCUT2D eigenvalue weighted by molar-refractivity contribution is -0.117. The Balaban J connectivity index is 2.12. The van der Waals surface area contributed by atoms with Crippen LogP contribution in [-0.4, -0.2) is 51.5 Å². The Morgan fingerprint density at radius 2 is 1.93 bits per heavy atom. The second kappa shape index (κ2) is 10.8. The van der Waals surface area contributed by atoms with Crippen molar-refractivity contribution in [3.63, 3.8) is 0 Å². The Hall–Kier alpha value is -1.64. The highest BCUT2D eigenvalue weighted by atomic mass is 32.2. The third kappa shape index (κ3) is 6.46. The van der Waals surface area contributed by atoms with E-state index in [2.05, 4.69) is 5.32 Å². The molecule has 0 aromatic heterocycles. The lowest BCUT2D eigenvalue weighted by Gasteiger charge is -2.27. The average molecular weight is 413 g/mol. The molecule has 1 aromatic carbocycles. The summed E-state index contributed by atoms with van der Waals surface area (Å²) in [6, 6.07) is 4.75. The van der Waals surface area contributed by atoms with Gasteiger partial charge in [-0.05, 0) is 43.9 Å². The molecule has 1 aliphatic rings. The van der Waals surface area contributed by atoms with Crippen LogP contribution in [0.15, 0.2) is 23.1 Å². The van der Waals surface area contributed by atoms with E-state index in [0.29, 0.717) is 50.3 Å². The van der Waals surface area contributed by atoms with Gasteiger partial charge in [0, 0.05) is 25.4 Å². The normalized spacial score (nSPS) is 15.6. The number of amides is 1. The second-order valence-electron chi connectivity index (χ2n) is 7.33. The highest BCUT2D eigenvalue weighted by Crippen LogP contribution is 2.31. The van der Waals surface area contributed by atoms with Crippen molar-refractivity contribution in [2.24, 2.45) is 5.92 Å². The predicted octanol–water partition coefficient (Wildman–Crippen LogP) is 3.26. The summed E-state index contributed by atoms with van der Waals surface area (Å²) in [4.78, 5) is 12.3. The summed E-state index contributed by atoms with van der Waals surface area (Å²) in [7, 11) is -3.67. The molecule has 0 unspecified atom stereocenters. The van der Waals surface area contributed by atoms with Crippen LogP contribution in [0.4, 0.5) is 5.69 Å². The molecule has 1 heterocycles. The van der Waals surface area contributed by atoms with Crippen molar-refractivity contribution in [2.45, 2.75) is 51.3 Å². The third-order valence-corrected chi connectivity index (χ3v) is 6.30. The minimum absolute atomic E-state index is 0.102. The molecule has 0 bridgehead atoms. The zero-order valence-electron chi connectivity index (χ0n) is 17.1. The molecule has 1 N–H and O–H groups in total. The quantitative estimate of drug-likeness (QED) is 0.596. The van der Waals surface area contributed by atoms with Gasteiger partial charge in [-0.1, -0.05) is 20.3 Å². The monoisotopic (exact) mass is 412 g/mol. The van der Waals surface area contributed by atoms with Crippen LogP contribution in [0.1, 0.15) is 46.5 Å². The standard InChI is InChI=1S/C20H32N2O5S/c1-4-27-18-9-8-17(21-20(23)10-13-26-15-16(2)3)14-19(18)28(24,25)22-11-6-5-7-12-22/h8-9,14,16H,4-7,10-13,15H2,1-3H3,(H,21,23). The van der Waals surface area contributed by atoms with Gasteiger partial charge in [0.1, 0.15) is 10.6 Å². The minimum Gasteiger partial charge on any atom is -0.492 e. The van der Waals surface area contributed by atoms with E-state index in [9.17, 15) is 13.2 Å². The van der Waals surface area contributed by atoms with Gasteiger partial charge in [-0.3, -0.25) is 4.79 Å². The topological polar surface area (TPSA) is 84.9 Å². The third-order valence-electron chi connectivity index (χ3n) is 4.38. The van der Waals surface area contributed by atoms with Crippen LogP contribution in [-0.2, 0) is 19.6 Å². The molecule has 1 saturated heterocycles. The van der Waals surface area contributed by atoms with E-state index in [4.69, 9.17) is 9.47 Å². The maximum absolute atomic E-state index is 13.1. The molecule has 0 radical (unpaired) electrons. The second-order valence-corrected chi connectivity index (χ2v) is 9.23. The van der Waals surface area contributed by atoms with Crippen LogP contribution in [0.5, 0.6) is 5.75 Å². The number of anilines is 1. The molecule has 7 nitrogen and oxygen atoms in total. The molecular formula is C20H32N2O5S. The van der Waals surface area contributed by atoms with E-state index in [1.807, 2.05) is 20.8 Å². The number of piperidine rings is 1. The summed E-state index contributed by atoms with van der Waals surface area (Å²) < 4.78 is 38.7. The summed E-state index contributed by atoms with van der Waals surface area (Å²) in [6.45, 7) is 8.23. The molecule has 2 rings (SSSR count). The highest BCUT2D eigenvalue weighted by molar-refractivity contribution is 7.89. The van der Waals surface area contributed by atoms with E-state index in [1.54, 1.807) is 12.1 Å². The molecule has 8 heteroatoms. The lowest BCUT2D eigenvalue weighted by atomic mass is 10.2. The summed E-state index contributed by atoms with van der Waals surface area (Å²) >= 11 is 0. The fourth-order valence-electron chi connectivity index (χ4n) is 3.01. The first-order chi connectivity index (χ1) is 13.3. The number of carbonyl (C=O) groups is 1. The molecule has 1 amide bonds. The molecule has 1 aromatic rings. The predicted molar refractivity (Wildman–Crippen MR) is 109 cm³/mol. The molecule has 0 aliphatic carbocycles. The fourth-order valence-corrected chi connectivity index (χ4v) is 4.69. The number of hydrogen-bond acceptors (Lipinski definition) is 5. The van der Waals surface area contributed by atoms with Crippen molar-refractivity contribution in [1.29, 1.82) is 0 Å². The van der Waals surface area contributed by atoms with Crippen molar-refractivity contribution < 1.29 is 22.7 Å². The fraction of sp³-hybridized carbons (Fsp3) is 0.650. The van der Waals surface area contributed by atoms with Crippen molar-refractivity contribution in [2.75, 3.05) is 38.2 Å². The van der Waals surface area contributed by atoms with Crippen LogP contribution < -0.4 is 10.1 Å². The van der Waals surface area contributed by atoms with Crippen molar-refractivity contribution in [3.8, 4) is 5.75 Å². The minimum atomic E-state index is -3.67. The molecule has 0 spiro atoms. The summed E-state index contributed by atoms with van der Waals surface area (Å²) in [5.41, 5.74) is 0.438. The summed E-state index contributed by atoms with van der Waals surface area (Å²) in [6.07, 6.45) is 2.97. The van der Waals surface area contributed by atoms with Gasteiger partial charge < -0.3 is 14.8 Å². The van der Waals surface area contributed by atoms with E-state index in [0.717, 1.165) is 19.3 Å². The SMILES string of the molecule is CCOc1ccc(NC(=O)CCOCC(C)C)cc1S(=O)(=O)N1CCCCC1. The largest absolute Gasteiger partial charge is 0.492 e. The Kier molecular flexibility index (Phi) is 8.72. The van der Waals surface area contributed by atoms with Gasteiger partial charge in [0.2, 0.25) is 15.9 Å². The van der Waals surface area contributed by atoms with Gasteiger partial charge in [0.15, 0.2) is 0 Å². The zero-order valence-corrected chi connectivity index (χ0v) is 17.9. The summed E-state index contributed by atoms with van der Waals surface area (Å²) in [5, 5.41) is 2.76. The van der Waals surface area contributed by atoms with Gasteiger partial charge in [-0.15, -0.1) is 0 Å². The number of rotatable bonds is 10. The average Bonchev–Trinajstić information content (AvgIpc) is 2.67. The molecule has 1 aliphatic heterocycles. The van der Waals surface area contributed by atoms with E-state index < -0.39 is 10.0 Å². The highest BCUT2D eigenvalue weighted by Gasteiger charge is 2.29. The summed E-state index contributed by atoms with van der Waals surface area (Å²) in [5.74, 6) is 0.511. The van der Waals surface area contributed by atoms with Gasteiger partial charge in [0.05, 0.1) is 19.6 Å². The van der Waals surface area contributed by atoms with Gasteiger partial charge in [-0.25, -0.2) is 8.42 Å². The first-order valence-electron chi connectivity index (χ1n) is 9.99. The number of hydrogen-bond donors (Lipinski definition) is 1. The van der Waals surface area contributed by atoms with Gasteiger partial charge >= 0.3 is 0 Å². The van der Waals surface area contributed by atoms with Gasteiger partial charge in [0.25, 0.3) is 0 Å². The van der Waals surface area contributed by atoms with Crippen molar-refractivity contribution in [3.05, 3.63) is 18.2 Å². The first-order valence-corrected chi connectivity index (χ1v) is 11.4. The number of ether oxygens (including phenoxy) is 2. The van der Waals surface area contributed by atoms with E-state index >= 15 is 0 Å². The maximum Gasteiger partial charge on any atom is 0.246 e. The van der Waals surface area contributed by atoms with E-state index in [1.165, 1.54) is 10.4 Å². The first kappa shape index (κ1) is 22.6. The van der Waals surface area contributed by atoms with E-state index in [-0.39, 0.29) is 17.2 Å². The molecule has 0 atom stereocenters. The Morgan fingerprint density at radius 3 is 2.57 bits per heavy atom. The number of nitrogens with zero attached hydrogens (tertiary/aromatic N) is 1.